The van der Waals surface area contributed by atoms with Crippen LogP contribution in [0.1, 0.15) is 71.3 Å². The van der Waals surface area contributed by atoms with Crippen molar-refractivity contribution < 1.29 is 42.5 Å². The van der Waals surface area contributed by atoms with E-state index in [1.165, 1.54) is 20.8 Å². The Bertz CT molecular complexity index is 1310. The van der Waals surface area contributed by atoms with Crippen LogP contribution >= 0.6 is 11.6 Å². The lowest BCUT2D eigenvalue weighted by atomic mass is 9.89. The summed E-state index contributed by atoms with van der Waals surface area (Å²) in [6, 6.07) is 13.2. The van der Waals surface area contributed by atoms with E-state index in [0.717, 1.165) is 16.9 Å². The van der Waals surface area contributed by atoms with Crippen molar-refractivity contribution in [3.05, 3.63) is 64.2 Å². The topological polar surface area (TPSA) is 107 Å². The normalized spacial score (nSPS) is 22.2. The zero-order valence-corrected chi connectivity index (χ0v) is 28.9. The Morgan fingerprint density at radius 2 is 1.43 bits per heavy atom. The number of hydrogen-bond acceptors (Lipinski definition) is 9. The van der Waals surface area contributed by atoms with Crippen LogP contribution < -0.4 is 4.74 Å². The maximum absolute atomic E-state index is 12.4. The molecule has 2 aromatic rings. The van der Waals surface area contributed by atoms with E-state index in [9.17, 15) is 14.4 Å². The first kappa shape index (κ1) is 35.6. The summed E-state index contributed by atoms with van der Waals surface area (Å²) >= 11 is 6.64. The molecule has 1 fully saturated rings. The summed E-state index contributed by atoms with van der Waals surface area (Å²) in [5, 5.41) is 0.453. The van der Waals surface area contributed by atoms with Crippen molar-refractivity contribution in [2.24, 2.45) is 0 Å². The van der Waals surface area contributed by atoms with Crippen LogP contribution in [0.2, 0.25) is 23.2 Å². The van der Waals surface area contributed by atoms with Crippen molar-refractivity contribution >= 4 is 37.8 Å². The lowest BCUT2D eigenvalue weighted by Crippen LogP contribution is -2.60. The van der Waals surface area contributed by atoms with Crippen molar-refractivity contribution in [2.45, 2.75) is 104 Å². The van der Waals surface area contributed by atoms with Gasteiger partial charge >= 0.3 is 17.9 Å². The zero-order chi connectivity index (χ0) is 32.8. The molecule has 242 valence electrons. The number of esters is 3. The molecule has 0 aromatic heterocycles. The van der Waals surface area contributed by atoms with E-state index in [4.69, 9.17) is 39.7 Å². The van der Waals surface area contributed by atoms with E-state index in [-0.39, 0.29) is 11.6 Å². The molecule has 44 heavy (non-hydrogen) atoms. The van der Waals surface area contributed by atoms with E-state index >= 15 is 0 Å². The Morgan fingerprint density at radius 1 is 0.864 bits per heavy atom. The molecule has 5 atom stereocenters. The van der Waals surface area contributed by atoms with Gasteiger partial charge in [0.2, 0.25) is 0 Å². The first-order chi connectivity index (χ1) is 20.5. The standard InChI is InChI=1S/C33H45ClO9Si/c1-10-38-26-14-11-23(12-15-26)17-25-18-24(13-16-27(25)34)29-31(41-21(3)36)32(42-22(4)37)30(40-20(2)35)28(43-29)19-39-44(8,9)33(5,6)7/h11-16,18,28-32H,10,17,19H2,1-9H3. The molecule has 0 spiro atoms. The first-order valence-corrected chi connectivity index (χ1v) is 18.1. The fraction of sp³-hybridized carbons (Fsp3) is 0.545. The SMILES string of the molecule is CCOc1ccc(Cc2cc(C3OC(CO[Si](C)(C)C(C)(C)C)C(OC(C)=O)C(OC(C)=O)C3OC(C)=O)ccc2Cl)cc1. The number of carbonyl (C=O) groups excluding carboxylic acids is 3. The molecule has 1 saturated heterocycles. The third kappa shape index (κ3) is 9.29. The van der Waals surface area contributed by atoms with Crippen molar-refractivity contribution in [1.82, 2.24) is 0 Å². The summed E-state index contributed by atoms with van der Waals surface area (Å²) in [5.74, 6) is -1.05. The average Bonchev–Trinajstić information content (AvgIpc) is 2.91. The zero-order valence-electron chi connectivity index (χ0n) is 27.1. The number of rotatable bonds is 11. The van der Waals surface area contributed by atoms with Crippen LogP contribution in [-0.2, 0) is 44.2 Å². The molecule has 1 aliphatic rings. The van der Waals surface area contributed by atoms with Crippen LogP contribution in [-0.4, -0.2) is 63.9 Å². The van der Waals surface area contributed by atoms with Crippen molar-refractivity contribution in [3.8, 4) is 5.75 Å². The quantitative estimate of drug-likeness (QED) is 0.152. The van der Waals surface area contributed by atoms with Gasteiger partial charge < -0.3 is 28.1 Å². The summed E-state index contributed by atoms with van der Waals surface area (Å²) < 4.78 is 35.8. The van der Waals surface area contributed by atoms with E-state index in [1.807, 2.05) is 37.3 Å². The molecule has 3 rings (SSSR count). The van der Waals surface area contributed by atoms with Crippen molar-refractivity contribution in [3.63, 3.8) is 0 Å². The minimum atomic E-state index is -2.27. The molecule has 0 radical (unpaired) electrons. The van der Waals surface area contributed by atoms with E-state index in [1.54, 1.807) is 12.1 Å². The molecular formula is C33H45ClO9Si. The summed E-state index contributed by atoms with van der Waals surface area (Å²) in [4.78, 5) is 37.0. The second-order valence-electron chi connectivity index (χ2n) is 12.5. The Labute approximate surface area is 266 Å². The number of ether oxygens (including phenoxy) is 5. The molecule has 1 heterocycles. The molecule has 2 aromatic carbocycles. The molecule has 0 bridgehead atoms. The van der Waals surface area contributed by atoms with Gasteiger partial charge in [-0.1, -0.05) is 56.6 Å². The molecular weight excluding hydrogens is 604 g/mol. The number of carbonyl (C=O) groups is 3. The molecule has 0 N–H and O–H groups in total. The predicted octanol–water partition coefficient (Wildman–Crippen LogP) is 6.59. The Kier molecular flexibility index (Phi) is 12.0. The molecule has 5 unspecified atom stereocenters. The highest BCUT2D eigenvalue weighted by atomic mass is 35.5. The van der Waals surface area contributed by atoms with Gasteiger partial charge in [0.25, 0.3) is 0 Å². The molecule has 0 saturated carbocycles. The lowest BCUT2D eigenvalue weighted by molar-refractivity contribution is -0.252. The van der Waals surface area contributed by atoms with Crippen LogP contribution in [0.5, 0.6) is 5.75 Å². The minimum absolute atomic E-state index is 0.0715. The van der Waals surface area contributed by atoms with Gasteiger partial charge in [-0.2, -0.15) is 0 Å². The monoisotopic (exact) mass is 648 g/mol. The van der Waals surface area contributed by atoms with Gasteiger partial charge in [-0.15, -0.1) is 0 Å². The lowest BCUT2D eigenvalue weighted by Gasteiger charge is -2.46. The summed E-state index contributed by atoms with van der Waals surface area (Å²) in [5.41, 5.74) is 2.48. The number of halogens is 1. The van der Waals surface area contributed by atoms with Crippen molar-refractivity contribution in [2.75, 3.05) is 13.2 Å². The largest absolute Gasteiger partial charge is 0.494 e. The maximum Gasteiger partial charge on any atom is 0.303 e. The van der Waals surface area contributed by atoms with Crippen LogP contribution in [0.15, 0.2) is 42.5 Å². The predicted molar refractivity (Wildman–Crippen MR) is 169 cm³/mol. The highest BCUT2D eigenvalue weighted by Crippen LogP contribution is 2.41. The van der Waals surface area contributed by atoms with Crippen LogP contribution in [0, 0.1) is 0 Å². The minimum Gasteiger partial charge on any atom is -0.494 e. The van der Waals surface area contributed by atoms with Crippen LogP contribution in [0.25, 0.3) is 0 Å². The molecule has 1 aliphatic heterocycles. The fourth-order valence-electron chi connectivity index (χ4n) is 4.80. The van der Waals surface area contributed by atoms with Crippen LogP contribution in [0.3, 0.4) is 0 Å². The fourth-order valence-corrected chi connectivity index (χ4v) is 6.00. The van der Waals surface area contributed by atoms with Gasteiger partial charge in [0.15, 0.2) is 26.6 Å². The molecule has 9 nitrogen and oxygen atoms in total. The van der Waals surface area contributed by atoms with Gasteiger partial charge in [0.05, 0.1) is 13.2 Å². The van der Waals surface area contributed by atoms with Gasteiger partial charge in [-0.05, 0) is 66.4 Å². The summed E-state index contributed by atoms with van der Waals surface area (Å²) in [6.45, 7) is 16.9. The summed E-state index contributed by atoms with van der Waals surface area (Å²) in [7, 11) is -2.27. The van der Waals surface area contributed by atoms with Gasteiger partial charge in [0, 0.05) is 25.8 Å². The average molecular weight is 649 g/mol. The van der Waals surface area contributed by atoms with Gasteiger partial charge in [0.1, 0.15) is 18.0 Å². The van der Waals surface area contributed by atoms with E-state index in [0.29, 0.717) is 23.6 Å². The highest BCUT2D eigenvalue weighted by molar-refractivity contribution is 6.74. The smallest absolute Gasteiger partial charge is 0.303 e. The summed E-state index contributed by atoms with van der Waals surface area (Å²) in [6.07, 6.45) is -4.57. The van der Waals surface area contributed by atoms with Crippen LogP contribution in [0.4, 0.5) is 0 Å². The molecule has 0 amide bonds. The van der Waals surface area contributed by atoms with Gasteiger partial charge in [-0.3, -0.25) is 14.4 Å². The maximum atomic E-state index is 12.4. The second kappa shape index (κ2) is 14.9. The van der Waals surface area contributed by atoms with E-state index in [2.05, 4.69) is 33.9 Å². The number of hydrogen-bond donors (Lipinski definition) is 0. The second-order valence-corrected chi connectivity index (χ2v) is 17.7. The third-order valence-corrected chi connectivity index (χ3v) is 12.9. The van der Waals surface area contributed by atoms with Gasteiger partial charge in [-0.25, -0.2) is 0 Å². The van der Waals surface area contributed by atoms with E-state index < -0.39 is 56.7 Å². The highest BCUT2D eigenvalue weighted by Gasteiger charge is 2.53. The Morgan fingerprint density at radius 3 is 1.98 bits per heavy atom. The molecule has 11 heteroatoms. The number of benzene rings is 2. The molecule has 0 aliphatic carbocycles. The Balaban J connectivity index is 2.06. The Hall–Kier alpha value is -2.92. The first-order valence-electron chi connectivity index (χ1n) is 14.8. The third-order valence-electron chi connectivity index (χ3n) is 7.98. The van der Waals surface area contributed by atoms with Crippen molar-refractivity contribution in [1.29, 1.82) is 0 Å².